The molecule has 0 aliphatic carbocycles. The van der Waals surface area contributed by atoms with Gasteiger partial charge >= 0.3 is 0 Å². The molecule has 0 saturated carbocycles. The Balaban J connectivity index is 1.21. The standard InChI is InChI=1S/C73H61F2N3/c1-39-21-43(5)70(44(6)22-39)51-13-17-64-59(31-51)60-32-52(71-45(7)23-40(2)24-46(71)8)14-18-65(60)77(64)68-35-56(55-29-57(74)37-58(75)30-55)36-69(63(68)38-76)78-66-19-15-53(72-47(9)25-41(3)26-48(72)10)33-61(66)62-34-54(16-20-67(62)78)73-49(11)27-42(4)28-50(73)12/h13-37H,1-12H3. The van der Waals surface area contributed by atoms with Gasteiger partial charge in [-0.05, 0) is 256 Å². The lowest BCUT2D eigenvalue weighted by molar-refractivity contribution is 0.584. The molecular weight excluding hydrogens is 957 g/mol. The van der Waals surface area contributed by atoms with Gasteiger partial charge in [0, 0.05) is 27.6 Å². The lowest BCUT2D eigenvalue weighted by Crippen LogP contribution is -2.05. The highest BCUT2D eigenvalue weighted by Gasteiger charge is 2.25. The van der Waals surface area contributed by atoms with E-state index in [1.807, 2.05) is 12.1 Å². The number of nitriles is 1. The van der Waals surface area contributed by atoms with Crippen molar-refractivity contribution in [3.63, 3.8) is 0 Å². The number of aryl methyl sites for hydroxylation is 12. The first-order chi connectivity index (χ1) is 37.3. The first-order valence-corrected chi connectivity index (χ1v) is 26.9. The van der Waals surface area contributed by atoms with Gasteiger partial charge < -0.3 is 9.13 Å². The Hall–Kier alpha value is -8.85. The maximum absolute atomic E-state index is 15.6. The highest BCUT2D eigenvalue weighted by atomic mass is 19.1. The number of halogens is 2. The lowest BCUT2D eigenvalue weighted by Gasteiger charge is -2.19. The van der Waals surface area contributed by atoms with Gasteiger partial charge in [0.1, 0.15) is 23.3 Å². The molecule has 2 heterocycles. The summed E-state index contributed by atoms with van der Waals surface area (Å²) in [4.78, 5) is 0. The van der Waals surface area contributed by atoms with Gasteiger partial charge in [-0.1, -0.05) is 95.1 Å². The molecule has 12 aromatic rings. The summed E-state index contributed by atoms with van der Waals surface area (Å²) in [6.07, 6.45) is 0. The second-order valence-corrected chi connectivity index (χ2v) is 22.4. The van der Waals surface area contributed by atoms with Crippen molar-refractivity contribution >= 4 is 43.6 Å². The van der Waals surface area contributed by atoms with E-state index < -0.39 is 11.6 Å². The number of aromatic nitrogens is 2. The van der Waals surface area contributed by atoms with Crippen molar-refractivity contribution in [3.05, 3.63) is 236 Å². The zero-order valence-corrected chi connectivity index (χ0v) is 46.5. The summed E-state index contributed by atoms with van der Waals surface area (Å²) in [5, 5.41) is 16.1. The number of benzene rings is 10. The zero-order valence-electron chi connectivity index (χ0n) is 46.5. The van der Waals surface area contributed by atoms with Crippen molar-refractivity contribution in [2.75, 3.05) is 0 Å². The summed E-state index contributed by atoms with van der Waals surface area (Å²) in [5.74, 6) is -1.36. The first-order valence-electron chi connectivity index (χ1n) is 26.9. The highest BCUT2D eigenvalue weighted by Crippen LogP contribution is 2.45. The van der Waals surface area contributed by atoms with E-state index in [0.717, 1.165) is 71.9 Å². The summed E-state index contributed by atoms with van der Waals surface area (Å²) >= 11 is 0. The van der Waals surface area contributed by atoms with Gasteiger partial charge in [-0.15, -0.1) is 0 Å². The van der Waals surface area contributed by atoms with Crippen LogP contribution in [0, 0.1) is 106 Å². The number of rotatable bonds is 7. The Morgan fingerprint density at radius 1 is 0.295 bits per heavy atom. The van der Waals surface area contributed by atoms with Gasteiger partial charge in [-0.25, -0.2) is 8.78 Å². The largest absolute Gasteiger partial charge is 0.308 e. The molecule has 0 aliphatic rings. The molecule has 5 heteroatoms. The quantitative estimate of drug-likeness (QED) is 0.157. The molecule has 0 bridgehead atoms. The summed E-state index contributed by atoms with van der Waals surface area (Å²) in [6, 6.07) is 54.9. The molecule has 0 amide bonds. The number of fused-ring (bicyclic) bond motifs is 6. The third kappa shape index (κ3) is 8.21. The average Bonchev–Trinajstić information content (AvgIpc) is 4.04. The van der Waals surface area contributed by atoms with Crippen LogP contribution in [0.25, 0.3) is 111 Å². The van der Waals surface area contributed by atoms with Crippen LogP contribution in [-0.4, -0.2) is 9.13 Å². The van der Waals surface area contributed by atoms with Crippen molar-refractivity contribution in [1.82, 2.24) is 9.13 Å². The van der Waals surface area contributed by atoms with E-state index in [9.17, 15) is 5.26 Å². The topological polar surface area (TPSA) is 33.6 Å². The van der Waals surface area contributed by atoms with E-state index in [-0.39, 0.29) is 0 Å². The van der Waals surface area contributed by atoms with E-state index in [0.29, 0.717) is 28.1 Å². The fourth-order valence-electron chi connectivity index (χ4n) is 13.7. The lowest BCUT2D eigenvalue weighted by atomic mass is 9.91. The summed E-state index contributed by atoms with van der Waals surface area (Å²) in [6.45, 7) is 26.0. The summed E-state index contributed by atoms with van der Waals surface area (Å²) < 4.78 is 35.5. The van der Waals surface area contributed by atoms with Crippen LogP contribution in [0.2, 0.25) is 0 Å². The molecular formula is C73H61F2N3. The number of hydrogen-bond acceptors (Lipinski definition) is 1. The predicted octanol–water partition coefficient (Wildman–Crippen LogP) is 20.1. The molecule has 0 fully saturated rings. The molecule has 3 nitrogen and oxygen atoms in total. The molecule has 10 aromatic carbocycles. The minimum atomic E-state index is -0.682. The van der Waals surface area contributed by atoms with Crippen LogP contribution in [-0.2, 0) is 0 Å². The van der Waals surface area contributed by atoms with Crippen LogP contribution in [0.5, 0.6) is 0 Å². The predicted molar refractivity (Wildman–Crippen MR) is 324 cm³/mol. The molecule has 0 unspecified atom stereocenters. The molecule has 0 radical (unpaired) electrons. The fraction of sp³-hybridized carbons (Fsp3) is 0.164. The molecule has 78 heavy (non-hydrogen) atoms. The minimum Gasteiger partial charge on any atom is -0.308 e. The fourth-order valence-corrected chi connectivity index (χ4v) is 13.7. The van der Waals surface area contributed by atoms with E-state index >= 15 is 8.78 Å². The van der Waals surface area contributed by atoms with Crippen LogP contribution < -0.4 is 0 Å². The summed E-state index contributed by atoms with van der Waals surface area (Å²) in [5.41, 5.74) is 29.8. The van der Waals surface area contributed by atoms with Gasteiger partial charge in [0.2, 0.25) is 0 Å². The van der Waals surface area contributed by atoms with Crippen molar-refractivity contribution < 1.29 is 8.78 Å². The van der Waals surface area contributed by atoms with E-state index in [2.05, 4.69) is 220 Å². The van der Waals surface area contributed by atoms with Gasteiger partial charge in [0.25, 0.3) is 0 Å². The molecule has 0 atom stereocenters. The normalized spacial score (nSPS) is 11.7. The summed E-state index contributed by atoms with van der Waals surface area (Å²) in [7, 11) is 0. The maximum Gasteiger partial charge on any atom is 0.126 e. The second-order valence-electron chi connectivity index (χ2n) is 22.4. The van der Waals surface area contributed by atoms with Crippen LogP contribution in [0.15, 0.2) is 152 Å². The molecule has 0 aliphatic heterocycles. The molecule has 0 N–H and O–H groups in total. The molecule has 2 aromatic heterocycles. The maximum atomic E-state index is 15.6. The van der Waals surface area contributed by atoms with Crippen LogP contribution >= 0.6 is 0 Å². The Labute approximate surface area is 456 Å². The van der Waals surface area contributed by atoms with Crippen LogP contribution in [0.1, 0.15) is 72.3 Å². The van der Waals surface area contributed by atoms with E-state index in [1.54, 1.807) is 0 Å². The first kappa shape index (κ1) is 50.0. The molecule has 0 spiro atoms. The monoisotopic (exact) mass is 1020 g/mol. The third-order valence-corrected chi connectivity index (χ3v) is 16.3. The van der Waals surface area contributed by atoms with Gasteiger partial charge in [-0.2, -0.15) is 5.26 Å². The van der Waals surface area contributed by atoms with Crippen molar-refractivity contribution in [1.29, 1.82) is 5.26 Å². The molecule has 12 rings (SSSR count). The number of hydrogen-bond donors (Lipinski definition) is 0. The second kappa shape index (κ2) is 18.7. The van der Waals surface area contributed by atoms with Crippen LogP contribution in [0.3, 0.4) is 0 Å². The Bertz CT molecular complexity index is 4010. The Morgan fingerprint density at radius 3 is 0.782 bits per heavy atom. The van der Waals surface area contributed by atoms with Gasteiger partial charge in [0.15, 0.2) is 0 Å². The van der Waals surface area contributed by atoms with Crippen molar-refractivity contribution in [3.8, 4) is 73.1 Å². The van der Waals surface area contributed by atoms with Gasteiger partial charge in [-0.3, -0.25) is 0 Å². The minimum absolute atomic E-state index is 0.362. The van der Waals surface area contributed by atoms with Gasteiger partial charge in [0.05, 0.1) is 33.4 Å². The third-order valence-electron chi connectivity index (χ3n) is 16.3. The van der Waals surface area contributed by atoms with Crippen molar-refractivity contribution in [2.24, 2.45) is 0 Å². The highest BCUT2D eigenvalue weighted by molar-refractivity contribution is 6.14. The van der Waals surface area contributed by atoms with E-state index in [4.69, 9.17) is 0 Å². The molecule has 382 valence electrons. The van der Waals surface area contributed by atoms with E-state index in [1.165, 1.54) is 101 Å². The van der Waals surface area contributed by atoms with Crippen molar-refractivity contribution in [2.45, 2.75) is 83.1 Å². The SMILES string of the molecule is Cc1cc(C)c(-c2ccc3c(c2)c2cc(-c4c(C)cc(C)cc4C)ccc2n3-c2cc(-c3cc(F)cc(F)c3)cc(-n3c4ccc(-c5c(C)cc(C)cc5C)cc4c4cc(-c5c(C)cc(C)cc5C)ccc43)c2C#N)c(C)c1. The number of nitrogens with zero attached hydrogens (tertiary/aromatic N) is 3. The zero-order chi connectivity index (χ0) is 54.7. The Kier molecular flexibility index (Phi) is 12.0. The molecule has 0 saturated heterocycles. The average molecular weight is 1020 g/mol. The van der Waals surface area contributed by atoms with Crippen LogP contribution in [0.4, 0.5) is 8.78 Å². The smallest absolute Gasteiger partial charge is 0.126 e. The Morgan fingerprint density at radius 2 is 0.538 bits per heavy atom.